The molecule has 2 aromatic rings. The second-order valence-corrected chi connectivity index (χ2v) is 5.69. The van der Waals surface area contributed by atoms with E-state index in [-0.39, 0.29) is 12.2 Å². The molecule has 25 heavy (non-hydrogen) atoms. The Balaban J connectivity index is 1.94. The van der Waals surface area contributed by atoms with E-state index in [0.29, 0.717) is 25.1 Å². The van der Waals surface area contributed by atoms with Crippen LogP contribution in [0.5, 0.6) is 0 Å². The summed E-state index contributed by atoms with van der Waals surface area (Å²) in [5.74, 6) is -0.126. The smallest absolute Gasteiger partial charge is 0.416 e. The van der Waals surface area contributed by atoms with Crippen molar-refractivity contribution >= 4 is 5.97 Å². The van der Waals surface area contributed by atoms with Crippen LogP contribution in [0.2, 0.25) is 0 Å². The van der Waals surface area contributed by atoms with Crippen LogP contribution in [-0.4, -0.2) is 32.4 Å². The molecule has 0 unspecified atom stereocenters. The number of alkyl halides is 3. The highest BCUT2D eigenvalue weighted by molar-refractivity contribution is 5.74. The zero-order valence-corrected chi connectivity index (χ0v) is 13.3. The second kappa shape index (κ2) is 6.34. The van der Waals surface area contributed by atoms with Crippen LogP contribution in [-0.2, 0) is 28.7 Å². The number of pyridine rings is 1. The Labute approximate surface area is 140 Å². The fourth-order valence-electron chi connectivity index (χ4n) is 2.89. The van der Waals surface area contributed by atoms with E-state index < -0.39 is 29.4 Å². The number of halogens is 3. The molecule has 0 saturated heterocycles. The van der Waals surface area contributed by atoms with Crippen LogP contribution in [0.4, 0.5) is 13.2 Å². The molecular formula is C15H15F3N4O3. The van der Waals surface area contributed by atoms with Crippen LogP contribution in [0.1, 0.15) is 36.0 Å². The van der Waals surface area contributed by atoms with Gasteiger partial charge in [0.25, 0.3) is 0 Å². The second-order valence-electron chi connectivity index (χ2n) is 5.69. The molecule has 0 saturated carbocycles. The first kappa shape index (κ1) is 17.2. The Morgan fingerprint density at radius 2 is 2.20 bits per heavy atom. The third-order valence-corrected chi connectivity index (χ3v) is 4.06. The lowest BCUT2D eigenvalue weighted by Crippen LogP contribution is -2.35. The highest BCUT2D eigenvalue weighted by Crippen LogP contribution is 2.29. The monoisotopic (exact) mass is 356 g/mol. The zero-order valence-electron chi connectivity index (χ0n) is 13.3. The average molecular weight is 356 g/mol. The predicted octanol–water partition coefficient (Wildman–Crippen LogP) is 1.56. The third kappa shape index (κ3) is 3.28. The van der Waals surface area contributed by atoms with E-state index in [9.17, 15) is 22.8 Å². The van der Waals surface area contributed by atoms with Gasteiger partial charge in [0.2, 0.25) is 0 Å². The fourth-order valence-corrected chi connectivity index (χ4v) is 2.89. The fraction of sp³-hybridized carbons (Fsp3) is 0.467. The molecule has 3 rings (SSSR count). The predicted molar refractivity (Wildman–Crippen MR) is 78.8 cm³/mol. The van der Waals surface area contributed by atoms with E-state index in [2.05, 4.69) is 10.1 Å². The lowest BCUT2D eigenvalue weighted by atomic mass is 10.1. The number of esters is 1. The van der Waals surface area contributed by atoms with Gasteiger partial charge in [-0.15, -0.1) is 0 Å². The normalized spacial score (nSPS) is 17.2. The van der Waals surface area contributed by atoms with E-state index in [1.807, 2.05) is 0 Å². The van der Waals surface area contributed by atoms with Gasteiger partial charge in [0.15, 0.2) is 0 Å². The van der Waals surface area contributed by atoms with Crippen molar-refractivity contribution in [1.29, 1.82) is 0 Å². The molecule has 1 aliphatic heterocycles. The number of hydrogen-bond acceptors (Lipinski definition) is 5. The Kier molecular flexibility index (Phi) is 4.36. The molecule has 2 aromatic heterocycles. The van der Waals surface area contributed by atoms with E-state index in [1.54, 1.807) is 0 Å². The van der Waals surface area contributed by atoms with Crippen molar-refractivity contribution in [3.05, 3.63) is 45.9 Å². The number of nitrogens with zero attached hydrogens (tertiary/aromatic N) is 4. The van der Waals surface area contributed by atoms with Crippen molar-refractivity contribution in [2.24, 2.45) is 0 Å². The molecule has 0 N–H and O–H groups in total. The first-order chi connectivity index (χ1) is 11.8. The summed E-state index contributed by atoms with van der Waals surface area (Å²) >= 11 is 0. The number of aryl methyl sites for hydroxylation is 1. The number of hydrogen-bond donors (Lipinski definition) is 0. The van der Waals surface area contributed by atoms with Gasteiger partial charge < -0.3 is 4.74 Å². The van der Waals surface area contributed by atoms with Gasteiger partial charge in [-0.1, -0.05) is 0 Å². The van der Waals surface area contributed by atoms with Crippen molar-refractivity contribution in [2.45, 2.75) is 38.0 Å². The van der Waals surface area contributed by atoms with E-state index in [0.717, 1.165) is 23.0 Å². The van der Waals surface area contributed by atoms with Crippen molar-refractivity contribution in [2.75, 3.05) is 7.11 Å². The van der Waals surface area contributed by atoms with Gasteiger partial charge in [0, 0.05) is 12.6 Å². The quantitative estimate of drug-likeness (QED) is 0.780. The van der Waals surface area contributed by atoms with E-state index in [4.69, 9.17) is 4.74 Å². The molecule has 0 aromatic carbocycles. The maximum absolute atomic E-state index is 12.8. The summed E-state index contributed by atoms with van der Waals surface area (Å²) in [6.07, 6.45) is -1.83. The lowest BCUT2D eigenvalue weighted by molar-refractivity contribution is -0.145. The molecule has 0 aliphatic carbocycles. The van der Waals surface area contributed by atoms with Gasteiger partial charge >= 0.3 is 17.8 Å². The topological polar surface area (TPSA) is 79.0 Å². The summed E-state index contributed by atoms with van der Waals surface area (Å²) in [5.41, 5.74) is -1.35. The van der Waals surface area contributed by atoms with Gasteiger partial charge in [0.05, 0.1) is 24.9 Å². The van der Waals surface area contributed by atoms with Gasteiger partial charge in [-0.2, -0.15) is 18.3 Å². The maximum Gasteiger partial charge on any atom is 0.416 e. The molecule has 0 amide bonds. The number of rotatable bonds is 3. The molecule has 10 heteroatoms. The number of methoxy groups -OCH3 is 1. The van der Waals surface area contributed by atoms with Crippen molar-refractivity contribution in [1.82, 2.24) is 19.3 Å². The standard InChI is InChI=1S/C15H15F3N4O3/c1-25-13(23)11-3-2-4-12-20-21(14(24)22(11)12)8-10-7-9(5-6-19-10)15(16,17)18/h5-7,11H,2-4,8H2,1H3/t11-/m0/s1. The summed E-state index contributed by atoms with van der Waals surface area (Å²) in [7, 11) is 1.23. The molecule has 0 radical (unpaired) electrons. The summed E-state index contributed by atoms with van der Waals surface area (Å²) in [5, 5.41) is 4.14. The number of fused-ring (bicyclic) bond motifs is 1. The average Bonchev–Trinajstić information content (AvgIpc) is 2.90. The van der Waals surface area contributed by atoms with Crippen LogP contribution in [0, 0.1) is 0 Å². The van der Waals surface area contributed by atoms with Crippen LogP contribution in [0.25, 0.3) is 0 Å². The molecule has 0 spiro atoms. The van der Waals surface area contributed by atoms with Crippen LogP contribution < -0.4 is 5.69 Å². The molecule has 0 bridgehead atoms. The minimum Gasteiger partial charge on any atom is -0.467 e. The number of aromatic nitrogens is 4. The van der Waals surface area contributed by atoms with Crippen molar-refractivity contribution < 1.29 is 22.7 Å². The Bertz CT molecular complexity index is 856. The van der Waals surface area contributed by atoms with Crippen LogP contribution >= 0.6 is 0 Å². The Hall–Kier alpha value is -2.65. The summed E-state index contributed by atoms with van der Waals surface area (Å²) < 4.78 is 45.3. The molecular weight excluding hydrogens is 341 g/mol. The summed E-state index contributed by atoms with van der Waals surface area (Å²) in [6.45, 7) is -0.212. The Morgan fingerprint density at radius 1 is 1.44 bits per heavy atom. The minimum absolute atomic E-state index is 0.0574. The number of carbonyl (C=O) groups excluding carboxylic acids is 1. The molecule has 1 aliphatic rings. The third-order valence-electron chi connectivity index (χ3n) is 4.06. The maximum atomic E-state index is 12.8. The highest BCUT2D eigenvalue weighted by atomic mass is 19.4. The van der Waals surface area contributed by atoms with Gasteiger partial charge in [-0.25, -0.2) is 14.3 Å². The lowest BCUT2D eigenvalue weighted by Gasteiger charge is -2.20. The molecule has 3 heterocycles. The van der Waals surface area contributed by atoms with Crippen LogP contribution in [0.3, 0.4) is 0 Å². The number of carbonyl (C=O) groups is 1. The van der Waals surface area contributed by atoms with E-state index in [1.165, 1.54) is 11.7 Å². The highest BCUT2D eigenvalue weighted by Gasteiger charge is 2.32. The van der Waals surface area contributed by atoms with Crippen molar-refractivity contribution in [3.63, 3.8) is 0 Å². The minimum atomic E-state index is -4.49. The number of ether oxygens (including phenoxy) is 1. The SMILES string of the molecule is COC(=O)[C@@H]1CCCc2nn(Cc3cc(C(F)(F)F)ccn3)c(=O)n21. The van der Waals surface area contributed by atoms with Crippen LogP contribution in [0.15, 0.2) is 23.1 Å². The Morgan fingerprint density at radius 3 is 2.88 bits per heavy atom. The first-order valence-electron chi connectivity index (χ1n) is 7.59. The molecule has 1 atom stereocenters. The van der Waals surface area contributed by atoms with Gasteiger partial charge in [-0.05, 0) is 25.0 Å². The molecule has 7 nitrogen and oxygen atoms in total. The first-order valence-corrected chi connectivity index (χ1v) is 7.59. The summed E-state index contributed by atoms with van der Waals surface area (Å²) in [6, 6.07) is 0.977. The zero-order chi connectivity index (χ0) is 18.2. The largest absolute Gasteiger partial charge is 0.467 e. The molecule has 0 fully saturated rings. The van der Waals surface area contributed by atoms with E-state index >= 15 is 0 Å². The van der Waals surface area contributed by atoms with Gasteiger partial charge in [-0.3, -0.25) is 9.55 Å². The van der Waals surface area contributed by atoms with Gasteiger partial charge in [0.1, 0.15) is 11.9 Å². The molecule has 134 valence electrons. The summed E-state index contributed by atoms with van der Waals surface area (Å²) in [4.78, 5) is 28.2. The van der Waals surface area contributed by atoms with Crippen molar-refractivity contribution in [3.8, 4) is 0 Å².